The van der Waals surface area contributed by atoms with Gasteiger partial charge in [-0.15, -0.1) is 0 Å². The Morgan fingerprint density at radius 2 is 1.70 bits per heavy atom. The van der Waals surface area contributed by atoms with Crippen LogP contribution < -0.4 is 0 Å². The molecule has 2 aromatic carbocycles. The van der Waals surface area contributed by atoms with Crippen molar-refractivity contribution in [2.45, 2.75) is 6.42 Å². The van der Waals surface area contributed by atoms with E-state index in [0.717, 1.165) is 5.56 Å². The van der Waals surface area contributed by atoms with Gasteiger partial charge in [-0.05, 0) is 30.2 Å². The van der Waals surface area contributed by atoms with Crippen LogP contribution in [0, 0.1) is 10.1 Å². The summed E-state index contributed by atoms with van der Waals surface area (Å²) in [4.78, 5) is 21.9. The lowest BCUT2D eigenvalue weighted by Gasteiger charge is -1.96. The second kappa shape index (κ2) is 6.43. The Morgan fingerprint density at radius 3 is 2.30 bits per heavy atom. The lowest BCUT2D eigenvalue weighted by atomic mass is 10.1. The molecule has 0 radical (unpaired) electrons. The van der Waals surface area contributed by atoms with Crippen LogP contribution in [0.4, 0.5) is 5.69 Å². The quantitative estimate of drug-likeness (QED) is 0.360. The molecule has 4 heteroatoms. The van der Waals surface area contributed by atoms with Crippen molar-refractivity contribution in [1.82, 2.24) is 0 Å². The van der Waals surface area contributed by atoms with Crippen LogP contribution >= 0.6 is 0 Å². The summed E-state index contributed by atoms with van der Waals surface area (Å²) in [5.74, 6) is -0.157. The minimum Gasteiger partial charge on any atom is -0.289 e. The van der Waals surface area contributed by atoms with Gasteiger partial charge in [0.2, 0.25) is 0 Å². The Hall–Kier alpha value is -2.75. The van der Waals surface area contributed by atoms with E-state index in [1.54, 1.807) is 6.08 Å². The number of non-ortho nitro benzene ring substituents is 1. The van der Waals surface area contributed by atoms with Crippen LogP contribution in [0.15, 0.2) is 66.7 Å². The monoisotopic (exact) mass is 267 g/mol. The molecule has 0 aliphatic heterocycles. The van der Waals surface area contributed by atoms with Gasteiger partial charge in [-0.25, -0.2) is 0 Å². The van der Waals surface area contributed by atoms with E-state index in [1.165, 1.54) is 30.3 Å². The maximum atomic E-state index is 11.9. The SMILES string of the molecule is O=C(/C=C/Cc1ccccc1)c1ccc([N+](=O)[O-])cc1. The summed E-state index contributed by atoms with van der Waals surface area (Å²) in [6.45, 7) is 0. The van der Waals surface area contributed by atoms with Gasteiger partial charge in [0.15, 0.2) is 5.78 Å². The van der Waals surface area contributed by atoms with Gasteiger partial charge in [0.05, 0.1) is 4.92 Å². The van der Waals surface area contributed by atoms with Gasteiger partial charge in [0.25, 0.3) is 5.69 Å². The van der Waals surface area contributed by atoms with Crippen molar-refractivity contribution in [3.8, 4) is 0 Å². The Morgan fingerprint density at radius 1 is 1.05 bits per heavy atom. The number of nitro benzene ring substituents is 1. The molecule has 4 nitrogen and oxygen atoms in total. The van der Waals surface area contributed by atoms with E-state index in [0.29, 0.717) is 12.0 Å². The number of carbonyl (C=O) groups excluding carboxylic acids is 1. The second-order valence-electron chi connectivity index (χ2n) is 4.26. The largest absolute Gasteiger partial charge is 0.289 e. The van der Waals surface area contributed by atoms with Gasteiger partial charge in [0.1, 0.15) is 0 Å². The first-order valence-electron chi connectivity index (χ1n) is 6.16. The van der Waals surface area contributed by atoms with Crippen molar-refractivity contribution in [2.24, 2.45) is 0 Å². The van der Waals surface area contributed by atoms with Crippen LogP contribution in [-0.2, 0) is 6.42 Å². The van der Waals surface area contributed by atoms with Crippen molar-refractivity contribution in [3.63, 3.8) is 0 Å². The third-order valence-corrected chi connectivity index (χ3v) is 2.83. The van der Waals surface area contributed by atoms with Gasteiger partial charge in [0, 0.05) is 17.7 Å². The molecule has 0 aliphatic carbocycles. The molecular weight excluding hydrogens is 254 g/mol. The number of hydrogen-bond acceptors (Lipinski definition) is 3. The van der Waals surface area contributed by atoms with Crippen molar-refractivity contribution >= 4 is 11.5 Å². The number of rotatable bonds is 5. The van der Waals surface area contributed by atoms with E-state index in [-0.39, 0.29) is 11.5 Å². The lowest BCUT2D eigenvalue weighted by Crippen LogP contribution is -1.95. The number of nitro groups is 1. The highest BCUT2D eigenvalue weighted by molar-refractivity contribution is 6.04. The third-order valence-electron chi connectivity index (χ3n) is 2.83. The molecule has 0 atom stereocenters. The van der Waals surface area contributed by atoms with Crippen LogP contribution in [-0.4, -0.2) is 10.7 Å². The third kappa shape index (κ3) is 3.62. The summed E-state index contributed by atoms with van der Waals surface area (Å²) < 4.78 is 0. The number of carbonyl (C=O) groups is 1. The van der Waals surface area contributed by atoms with E-state index >= 15 is 0 Å². The fourth-order valence-electron chi connectivity index (χ4n) is 1.76. The fourth-order valence-corrected chi connectivity index (χ4v) is 1.76. The molecule has 0 saturated heterocycles. The minimum atomic E-state index is -0.487. The van der Waals surface area contributed by atoms with E-state index < -0.39 is 4.92 Å². The Kier molecular flexibility index (Phi) is 4.39. The first-order chi connectivity index (χ1) is 9.66. The molecule has 0 bridgehead atoms. The molecule has 0 heterocycles. The molecule has 0 saturated carbocycles. The highest BCUT2D eigenvalue weighted by Gasteiger charge is 2.06. The highest BCUT2D eigenvalue weighted by Crippen LogP contribution is 2.12. The number of allylic oxidation sites excluding steroid dienone is 2. The van der Waals surface area contributed by atoms with Crippen LogP contribution in [0.5, 0.6) is 0 Å². The molecule has 0 aromatic heterocycles. The van der Waals surface area contributed by atoms with Crippen LogP contribution in [0.2, 0.25) is 0 Å². The van der Waals surface area contributed by atoms with Crippen LogP contribution in [0.1, 0.15) is 15.9 Å². The smallest absolute Gasteiger partial charge is 0.269 e. The minimum absolute atomic E-state index is 0.0187. The van der Waals surface area contributed by atoms with Gasteiger partial charge in [-0.3, -0.25) is 14.9 Å². The zero-order valence-electron chi connectivity index (χ0n) is 10.7. The number of ketones is 1. The predicted octanol–water partition coefficient (Wildman–Crippen LogP) is 3.58. The van der Waals surface area contributed by atoms with Gasteiger partial charge >= 0.3 is 0 Å². The van der Waals surface area contributed by atoms with Gasteiger partial charge < -0.3 is 0 Å². The zero-order chi connectivity index (χ0) is 14.4. The average Bonchev–Trinajstić information content (AvgIpc) is 2.48. The molecular formula is C16H13NO3. The second-order valence-corrected chi connectivity index (χ2v) is 4.26. The van der Waals surface area contributed by atoms with Crippen molar-refractivity contribution < 1.29 is 9.72 Å². The predicted molar refractivity (Wildman–Crippen MR) is 76.7 cm³/mol. The Bertz CT molecular complexity index is 631. The van der Waals surface area contributed by atoms with Gasteiger partial charge in [-0.1, -0.05) is 36.4 Å². The molecule has 0 spiro atoms. The molecule has 0 N–H and O–H groups in total. The highest BCUT2D eigenvalue weighted by atomic mass is 16.6. The topological polar surface area (TPSA) is 60.2 Å². The van der Waals surface area contributed by atoms with E-state index in [9.17, 15) is 14.9 Å². The lowest BCUT2D eigenvalue weighted by molar-refractivity contribution is -0.384. The Labute approximate surface area is 116 Å². The van der Waals surface area contributed by atoms with Crippen LogP contribution in [0.3, 0.4) is 0 Å². The molecule has 0 fully saturated rings. The molecule has 0 unspecified atom stereocenters. The molecule has 0 amide bonds. The maximum absolute atomic E-state index is 11.9. The standard InChI is InChI=1S/C16H13NO3/c18-16(8-4-7-13-5-2-1-3-6-13)14-9-11-15(12-10-14)17(19)20/h1-6,8-12H,7H2/b8-4+. The van der Waals surface area contributed by atoms with E-state index in [2.05, 4.69) is 0 Å². The number of hydrogen-bond donors (Lipinski definition) is 0. The molecule has 0 aliphatic rings. The first-order valence-corrected chi connectivity index (χ1v) is 6.16. The molecule has 20 heavy (non-hydrogen) atoms. The van der Waals surface area contributed by atoms with Crippen molar-refractivity contribution in [3.05, 3.63) is 88.0 Å². The molecule has 2 aromatic rings. The summed E-state index contributed by atoms with van der Waals surface area (Å²) in [5.41, 5.74) is 1.55. The van der Waals surface area contributed by atoms with Gasteiger partial charge in [-0.2, -0.15) is 0 Å². The first kappa shape index (κ1) is 13.7. The molecule has 100 valence electrons. The Balaban J connectivity index is 1.99. The number of nitrogens with zero attached hydrogens (tertiary/aromatic N) is 1. The summed E-state index contributed by atoms with van der Waals surface area (Å²) in [7, 11) is 0. The fraction of sp³-hybridized carbons (Fsp3) is 0.0625. The van der Waals surface area contributed by atoms with Crippen molar-refractivity contribution in [2.75, 3.05) is 0 Å². The van der Waals surface area contributed by atoms with Crippen molar-refractivity contribution in [1.29, 1.82) is 0 Å². The summed E-state index contributed by atoms with van der Waals surface area (Å²) in [6, 6.07) is 15.4. The number of benzene rings is 2. The zero-order valence-corrected chi connectivity index (χ0v) is 10.7. The van der Waals surface area contributed by atoms with E-state index in [1.807, 2.05) is 30.3 Å². The van der Waals surface area contributed by atoms with E-state index in [4.69, 9.17) is 0 Å². The van der Waals surface area contributed by atoms with Crippen LogP contribution in [0.25, 0.3) is 0 Å². The molecule has 2 rings (SSSR count). The summed E-state index contributed by atoms with van der Waals surface area (Å²) >= 11 is 0. The average molecular weight is 267 g/mol. The normalized spacial score (nSPS) is 10.6. The maximum Gasteiger partial charge on any atom is 0.269 e. The summed E-state index contributed by atoms with van der Waals surface area (Å²) in [6.07, 6.45) is 3.97. The summed E-state index contributed by atoms with van der Waals surface area (Å²) in [5, 5.41) is 10.5.